The van der Waals surface area contributed by atoms with E-state index in [-0.39, 0.29) is 6.17 Å². The van der Waals surface area contributed by atoms with Crippen LogP contribution in [0.2, 0.25) is 0 Å². The van der Waals surface area contributed by atoms with Gasteiger partial charge >= 0.3 is 0 Å². The van der Waals surface area contributed by atoms with Crippen molar-refractivity contribution in [3.8, 4) is 0 Å². The highest BCUT2D eigenvalue weighted by atomic mass is 16.3. The maximum atomic E-state index is 5.16. The van der Waals surface area contributed by atoms with Gasteiger partial charge in [-0.1, -0.05) is 12.1 Å². The van der Waals surface area contributed by atoms with E-state index in [0.717, 1.165) is 11.3 Å². The molecule has 1 aliphatic heterocycles. The number of pyridine rings is 1. The number of hydrogen-bond donors (Lipinski definition) is 2. The molecule has 19 heavy (non-hydrogen) atoms. The molecule has 96 valence electrons. The van der Waals surface area contributed by atoms with Crippen LogP contribution in [0.1, 0.15) is 11.6 Å². The zero-order valence-electron chi connectivity index (χ0n) is 10.3. The lowest BCUT2D eigenvalue weighted by atomic mass is 10.1. The molecule has 1 atom stereocenters. The molecule has 0 bridgehead atoms. The van der Waals surface area contributed by atoms with Gasteiger partial charge in [0, 0.05) is 18.0 Å². The fourth-order valence-electron chi connectivity index (χ4n) is 1.84. The van der Waals surface area contributed by atoms with Crippen molar-refractivity contribution in [2.45, 2.75) is 12.7 Å². The largest absolute Gasteiger partial charge is 0.448 e. The predicted molar refractivity (Wildman–Crippen MR) is 71.6 cm³/mol. The van der Waals surface area contributed by atoms with Crippen LogP contribution in [-0.4, -0.2) is 16.1 Å². The van der Waals surface area contributed by atoms with E-state index in [9.17, 15) is 0 Å². The average Bonchev–Trinajstić information content (AvgIpc) is 3.00. The number of nitrogens with zero attached hydrogens (tertiary/aromatic N) is 2. The SMILES string of the molecule is C1=CC(NCc2ncco2)NC=C1c1ccccn1. The number of hydrogen-bond acceptors (Lipinski definition) is 5. The molecule has 1 aliphatic rings. The number of dihydropyridines is 1. The van der Waals surface area contributed by atoms with E-state index in [4.69, 9.17) is 4.42 Å². The Kier molecular flexibility index (Phi) is 3.38. The van der Waals surface area contributed by atoms with Gasteiger partial charge in [0.05, 0.1) is 24.6 Å². The summed E-state index contributed by atoms with van der Waals surface area (Å²) in [5.41, 5.74) is 2.02. The molecule has 3 heterocycles. The van der Waals surface area contributed by atoms with Crippen molar-refractivity contribution >= 4 is 5.57 Å². The van der Waals surface area contributed by atoms with E-state index < -0.39 is 0 Å². The smallest absolute Gasteiger partial charge is 0.207 e. The quantitative estimate of drug-likeness (QED) is 0.869. The average molecular weight is 254 g/mol. The number of oxazole rings is 1. The molecule has 0 aromatic carbocycles. The first-order valence-corrected chi connectivity index (χ1v) is 6.09. The molecule has 2 aromatic heterocycles. The summed E-state index contributed by atoms with van der Waals surface area (Å²) in [4.78, 5) is 8.37. The second kappa shape index (κ2) is 5.49. The molecule has 1 unspecified atom stereocenters. The Balaban J connectivity index is 1.57. The Morgan fingerprint density at radius 3 is 2.95 bits per heavy atom. The predicted octanol–water partition coefficient (Wildman–Crippen LogP) is 1.69. The van der Waals surface area contributed by atoms with E-state index in [1.54, 1.807) is 18.7 Å². The Hall–Kier alpha value is -2.40. The molecule has 0 saturated carbocycles. The molecule has 0 saturated heterocycles. The topological polar surface area (TPSA) is 63.0 Å². The third-order valence-corrected chi connectivity index (χ3v) is 2.80. The second-order valence-corrected chi connectivity index (χ2v) is 4.12. The van der Waals surface area contributed by atoms with Gasteiger partial charge in [-0.3, -0.25) is 10.3 Å². The van der Waals surface area contributed by atoms with Gasteiger partial charge in [-0.15, -0.1) is 0 Å². The highest BCUT2D eigenvalue weighted by Gasteiger charge is 2.09. The molecule has 0 aliphatic carbocycles. The van der Waals surface area contributed by atoms with Crippen LogP contribution in [0.25, 0.3) is 5.57 Å². The van der Waals surface area contributed by atoms with E-state index >= 15 is 0 Å². The Labute approximate surface area is 111 Å². The fraction of sp³-hybridized carbons (Fsp3) is 0.143. The van der Waals surface area contributed by atoms with Crippen molar-refractivity contribution in [2.75, 3.05) is 0 Å². The van der Waals surface area contributed by atoms with Crippen LogP contribution in [0.15, 0.2) is 59.6 Å². The van der Waals surface area contributed by atoms with Gasteiger partial charge in [0.25, 0.3) is 0 Å². The first kappa shape index (κ1) is 11.7. The fourth-order valence-corrected chi connectivity index (χ4v) is 1.84. The summed E-state index contributed by atoms with van der Waals surface area (Å²) in [7, 11) is 0. The van der Waals surface area contributed by atoms with Crippen molar-refractivity contribution < 1.29 is 4.42 Å². The number of rotatable bonds is 4. The minimum Gasteiger partial charge on any atom is -0.448 e. The van der Waals surface area contributed by atoms with Crippen molar-refractivity contribution in [2.24, 2.45) is 0 Å². The highest BCUT2D eigenvalue weighted by Crippen LogP contribution is 2.14. The molecule has 5 nitrogen and oxygen atoms in total. The van der Waals surface area contributed by atoms with Gasteiger partial charge in [-0.2, -0.15) is 0 Å². The molecule has 2 N–H and O–H groups in total. The van der Waals surface area contributed by atoms with Crippen molar-refractivity contribution in [1.29, 1.82) is 0 Å². The summed E-state index contributed by atoms with van der Waals surface area (Å²) in [6, 6.07) is 5.87. The number of allylic oxidation sites excluding steroid dienone is 2. The van der Waals surface area contributed by atoms with Crippen LogP contribution in [0, 0.1) is 0 Å². The lowest BCUT2D eigenvalue weighted by Gasteiger charge is -2.19. The molecule has 0 fully saturated rings. The summed E-state index contributed by atoms with van der Waals surface area (Å²) in [6.07, 6.45) is 11.1. The summed E-state index contributed by atoms with van der Waals surface area (Å²) >= 11 is 0. The first-order chi connectivity index (χ1) is 9.42. The van der Waals surface area contributed by atoms with Crippen molar-refractivity contribution in [3.05, 3.63) is 66.8 Å². The zero-order chi connectivity index (χ0) is 12.9. The summed E-state index contributed by atoms with van der Waals surface area (Å²) in [6.45, 7) is 0.585. The number of aromatic nitrogens is 2. The molecular formula is C14H14N4O. The van der Waals surface area contributed by atoms with E-state index in [1.165, 1.54) is 0 Å². The zero-order valence-corrected chi connectivity index (χ0v) is 10.3. The second-order valence-electron chi connectivity index (χ2n) is 4.12. The lowest BCUT2D eigenvalue weighted by Crippen LogP contribution is -2.38. The number of nitrogens with one attached hydrogen (secondary N) is 2. The minimum atomic E-state index is 0.0689. The van der Waals surface area contributed by atoms with Crippen molar-refractivity contribution in [1.82, 2.24) is 20.6 Å². The standard InChI is InChI=1S/C14H14N4O/c1-2-6-15-12(3-1)11-4-5-13(17-9-11)18-10-14-16-7-8-19-14/h1-9,13,17-18H,10H2. The van der Waals surface area contributed by atoms with E-state index in [0.29, 0.717) is 12.4 Å². The summed E-state index contributed by atoms with van der Waals surface area (Å²) < 4.78 is 5.16. The molecule has 0 spiro atoms. The molecular weight excluding hydrogens is 240 g/mol. The molecule has 5 heteroatoms. The van der Waals surface area contributed by atoms with Crippen molar-refractivity contribution in [3.63, 3.8) is 0 Å². The van der Waals surface area contributed by atoms with Crippen LogP contribution in [0.3, 0.4) is 0 Å². The normalized spacial score (nSPS) is 17.9. The van der Waals surface area contributed by atoms with Crippen LogP contribution in [0.4, 0.5) is 0 Å². The van der Waals surface area contributed by atoms with Crippen LogP contribution in [0.5, 0.6) is 0 Å². The molecule has 0 radical (unpaired) electrons. The first-order valence-electron chi connectivity index (χ1n) is 6.09. The minimum absolute atomic E-state index is 0.0689. The molecule has 2 aromatic rings. The van der Waals surface area contributed by atoms with Gasteiger partial charge in [0.15, 0.2) is 0 Å². The summed E-state index contributed by atoms with van der Waals surface area (Å²) in [5.74, 6) is 0.676. The van der Waals surface area contributed by atoms with Gasteiger partial charge in [0.1, 0.15) is 6.26 Å². The molecule has 3 rings (SSSR count). The third-order valence-electron chi connectivity index (χ3n) is 2.80. The van der Waals surface area contributed by atoms with Gasteiger partial charge in [-0.05, 0) is 18.2 Å². The van der Waals surface area contributed by atoms with E-state index in [2.05, 4.69) is 20.6 Å². The van der Waals surface area contributed by atoms with Gasteiger partial charge < -0.3 is 9.73 Å². The Bertz CT molecular complexity index is 575. The van der Waals surface area contributed by atoms with Gasteiger partial charge in [0.2, 0.25) is 5.89 Å². The van der Waals surface area contributed by atoms with E-state index in [1.807, 2.05) is 36.6 Å². The monoisotopic (exact) mass is 254 g/mol. The Morgan fingerprint density at radius 1 is 1.26 bits per heavy atom. The maximum Gasteiger partial charge on any atom is 0.207 e. The third kappa shape index (κ3) is 2.89. The lowest BCUT2D eigenvalue weighted by molar-refractivity contribution is 0.442. The van der Waals surface area contributed by atoms with Gasteiger partial charge in [-0.25, -0.2) is 4.98 Å². The maximum absolute atomic E-state index is 5.16. The van der Waals surface area contributed by atoms with Crippen LogP contribution in [-0.2, 0) is 6.54 Å². The highest BCUT2D eigenvalue weighted by molar-refractivity contribution is 5.72. The Morgan fingerprint density at radius 2 is 2.26 bits per heavy atom. The molecule has 0 amide bonds. The van der Waals surface area contributed by atoms with Crippen LogP contribution >= 0.6 is 0 Å². The van der Waals surface area contributed by atoms with Crippen LogP contribution < -0.4 is 10.6 Å². The summed E-state index contributed by atoms with van der Waals surface area (Å²) in [5, 5.41) is 6.54.